The monoisotopic (exact) mass is 317 g/mol. The summed E-state index contributed by atoms with van der Waals surface area (Å²) in [4.78, 5) is 2.20. The van der Waals surface area contributed by atoms with Crippen molar-refractivity contribution in [2.45, 2.75) is 24.9 Å². The van der Waals surface area contributed by atoms with Gasteiger partial charge in [-0.2, -0.15) is 0 Å². The zero-order valence-electron chi connectivity index (χ0n) is 11.9. The molecule has 0 amide bonds. The van der Waals surface area contributed by atoms with Crippen molar-refractivity contribution < 1.29 is 27.0 Å². The van der Waals surface area contributed by atoms with Gasteiger partial charge in [0.2, 0.25) is 0 Å². The van der Waals surface area contributed by atoms with Crippen molar-refractivity contribution in [2.24, 2.45) is 0 Å². The van der Waals surface area contributed by atoms with Crippen LogP contribution in [-0.2, 0) is 4.74 Å². The summed E-state index contributed by atoms with van der Waals surface area (Å²) in [6.07, 6.45) is -2.25. The molecular formula is C15H15F4NO2. The third-order valence-electron chi connectivity index (χ3n) is 4.08. The SMILES string of the molecule is CN1C2C=C(c3ccc(OC(F)(F)F)c(F)c3)CC1COC2. The molecule has 0 aliphatic carbocycles. The second-order valence-electron chi connectivity index (χ2n) is 5.51. The van der Waals surface area contributed by atoms with E-state index in [9.17, 15) is 17.6 Å². The number of alkyl halides is 3. The van der Waals surface area contributed by atoms with Gasteiger partial charge in [0.05, 0.1) is 19.3 Å². The molecule has 2 heterocycles. The molecule has 3 rings (SSSR count). The smallest absolute Gasteiger partial charge is 0.403 e. The summed E-state index contributed by atoms with van der Waals surface area (Å²) in [5.74, 6) is -1.83. The maximum atomic E-state index is 13.8. The first kappa shape index (κ1) is 15.3. The minimum absolute atomic E-state index is 0.108. The fraction of sp³-hybridized carbons (Fsp3) is 0.467. The fourth-order valence-corrected chi connectivity index (χ4v) is 2.88. The molecule has 0 N–H and O–H groups in total. The van der Waals surface area contributed by atoms with Gasteiger partial charge in [0.25, 0.3) is 0 Å². The van der Waals surface area contributed by atoms with Crippen LogP contribution in [-0.4, -0.2) is 43.6 Å². The van der Waals surface area contributed by atoms with Crippen LogP contribution in [0.5, 0.6) is 5.75 Å². The highest BCUT2D eigenvalue weighted by Crippen LogP contribution is 2.34. The summed E-state index contributed by atoms with van der Waals surface area (Å²) in [6, 6.07) is 3.88. The highest BCUT2D eigenvalue weighted by molar-refractivity contribution is 5.68. The van der Waals surface area contributed by atoms with Crippen LogP contribution in [0.25, 0.3) is 5.57 Å². The third kappa shape index (κ3) is 3.10. The van der Waals surface area contributed by atoms with E-state index in [1.54, 1.807) is 0 Å². The molecule has 7 heteroatoms. The van der Waals surface area contributed by atoms with E-state index < -0.39 is 17.9 Å². The van der Waals surface area contributed by atoms with E-state index in [-0.39, 0.29) is 12.1 Å². The number of hydrogen-bond acceptors (Lipinski definition) is 3. The Morgan fingerprint density at radius 3 is 2.68 bits per heavy atom. The summed E-state index contributed by atoms with van der Waals surface area (Å²) in [5, 5.41) is 0. The summed E-state index contributed by atoms with van der Waals surface area (Å²) >= 11 is 0. The van der Waals surface area contributed by atoms with Crippen LogP contribution in [0.2, 0.25) is 0 Å². The number of fused-ring (bicyclic) bond motifs is 2. The van der Waals surface area contributed by atoms with E-state index in [0.717, 1.165) is 17.7 Å². The lowest BCUT2D eigenvalue weighted by Gasteiger charge is -2.42. The number of morpholine rings is 1. The van der Waals surface area contributed by atoms with Crippen LogP contribution in [0.4, 0.5) is 17.6 Å². The number of ether oxygens (including phenoxy) is 2. The first-order chi connectivity index (χ1) is 10.3. The normalized spacial score (nSPS) is 25.8. The minimum atomic E-state index is -4.90. The maximum absolute atomic E-state index is 13.8. The van der Waals surface area contributed by atoms with Crippen LogP contribution in [0, 0.1) is 5.82 Å². The molecule has 1 aromatic carbocycles. The molecule has 2 bridgehead atoms. The van der Waals surface area contributed by atoms with Gasteiger partial charge in [0.15, 0.2) is 11.6 Å². The second-order valence-corrected chi connectivity index (χ2v) is 5.51. The minimum Gasteiger partial charge on any atom is -0.403 e. The van der Waals surface area contributed by atoms with Gasteiger partial charge < -0.3 is 9.47 Å². The molecule has 2 aliphatic heterocycles. The Morgan fingerprint density at radius 1 is 1.27 bits per heavy atom. The molecule has 2 atom stereocenters. The van der Waals surface area contributed by atoms with Gasteiger partial charge in [0.1, 0.15) is 0 Å². The number of halogens is 4. The van der Waals surface area contributed by atoms with Crippen molar-refractivity contribution >= 4 is 5.57 Å². The van der Waals surface area contributed by atoms with E-state index >= 15 is 0 Å². The number of likely N-dealkylation sites (N-methyl/N-ethyl adjacent to an activating group) is 1. The van der Waals surface area contributed by atoms with Gasteiger partial charge in [-0.25, -0.2) is 4.39 Å². The van der Waals surface area contributed by atoms with E-state index in [0.29, 0.717) is 25.2 Å². The van der Waals surface area contributed by atoms with Crippen LogP contribution < -0.4 is 4.74 Å². The standard InChI is InChI=1S/C15H15F4NO2/c1-20-11-4-10(5-12(20)8-21-7-11)9-2-3-14(13(16)6-9)22-15(17,18)19/h2-4,6,11-12H,5,7-8H2,1H3. The Kier molecular flexibility index (Phi) is 3.86. The number of nitrogens with zero attached hydrogens (tertiary/aromatic N) is 1. The Labute approximate surface area is 125 Å². The molecule has 0 spiro atoms. The topological polar surface area (TPSA) is 21.7 Å². The van der Waals surface area contributed by atoms with Gasteiger partial charge in [-0.15, -0.1) is 13.2 Å². The van der Waals surface area contributed by atoms with E-state index in [1.165, 1.54) is 6.07 Å². The summed E-state index contributed by atoms with van der Waals surface area (Å²) in [6.45, 7) is 1.16. The summed E-state index contributed by atoms with van der Waals surface area (Å²) < 4.78 is 59.4. The summed E-state index contributed by atoms with van der Waals surface area (Å²) in [7, 11) is 2.01. The molecule has 1 aromatic rings. The first-order valence-electron chi connectivity index (χ1n) is 6.89. The number of hydrogen-bond donors (Lipinski definition) is 0. The van der Waals surface area contributed by atoms with Gasteiger partial charge in [-0.1, -0.05) is 12.1 Å². The summed E-state index contributed by atoms with van der Waals surface area (Å²) in [5.41, 5.74) is 1.51. The molecule has 3 nitrogen and oxygen atoms in total. The molecule has 2 unspecified atom stereocenters. The van der Waals surface area contributed by atoms with E-state index in [2.05, 4.69) is 9.64 Å². The Hall–Kier alpha value is -1.60. The largest absolute Gasteiger partial charge is 0.573 e. The highest BCUT2D eigenvalue weighted by atomic mass is 19.4. The first-order valence-corrected chi connectivity index (χ1v) is 6.89. The lowest BCUT2D eigenvalue weighted by Crippen LogP contribution is -2.51. The Morgan fingerprint density at radius 2 is 2.05 bits per heavy atom. The second kappa shape index (κ2) is 5.55. The van der Waals surface area contributed by atoms with Crippen LogP contribution in [0.1, 0.15) is 12.0 Å². The Balaban J connectivity index is 1.85. The van der Waals surface area contributed by atoms with Gasteiger partial charge >= 0.3 is 6.36 Å². The molecule has 2 aliphatic rings. The van der Waals surface area contributed by atoms with Gasteiger partial charge in [0, 0.05) is 6.04 Å². The Bertz CT molecular complexity index is 600. The van der Waals surface area contributed by atoms with Gasteiger partial charge in [-0.05, 0) is 36.7 Å². The predicted molar refractivity (Wildman–Crippen MR) is 71.8 cm³/mol. The molecule has 0 aromatic heterocycles. The van der Waals surface area contributed by atoms with Crippen LogP contribution in [0.15, 0.2) is 24.3 Å². The molecule has 0 saturated carbocycles. The molecular weight excluding hydrogens is 302 g/mol. The zero-order valence-corrected chi connectivity index (χ0v) is 11.9. The van der Waals surface area contributed by atoms with E-state index in [4.69, 9.17) is 4.74 Å². The molecule has 1 saturated heterocycles. The van der Waals surface area contributed by atoms with E-state index in [1.807, 2.05) is 13.1 Å². The van der Waals surface area contributed by atoms with Crippen molar-refractivity contribution in [3.8, 4) is 5.75 Å². The van der Waals surface area contributed by atoms with Crippen molar-refractivity contribution in [3.63, 3.8) is 0 Å². The predicted octanol–water partition coefficient (Wildman–Crippen LogP) is 3.21. The van der Waals surface area contributed by atoms with Crippen molar-refractivity contribution in [1.82, 2.24) is 4.90 Å². The van der Waals surface area contributed by atoms with Crippen molar-refractivity contribution in [1.29, 1.82) is 0 Å². The van der Waals surface area contributed by atoms with Crippen molar-refractivity contribution in [2.75, 3.05) is 20.3 Å². The maximum Gasteiger partial charge on any atom is 0.573 e. The van der Waals surface area contributed by atoms with Crippen molar-refractivity contribution in [3.05, 3.63) is 35.7 Å². The molecule has 0 radical (unpaired) electrons. The number of benzene rings is 1. The fourth-order valence-electron chi connectivity index (χ4n) is 2.88. The molecule has 1 fully saturated rings. The van der Waals surface area contributed by atoms with Crippen LogP contribution >= 0.6 is 0 Å². The third-order valence-corrected chi connectivity index (χ3v) is 4.08. The van der Waals surface area contributed by atoms with Crippen LogP contribution in [0.3, 0.4) is 0 Å². The zero-order chi connectivity index (χ0) is 15.9. The average molecular weight is 317 g/mol. The highest BCUT2D eigenvalue weighted by Gasteiger charge is 2.34. The quantitative estimate of drug-likeness (QED) is 0.782. The number of rotatable bonds is 2. The average Bonchev–Trinajstić information content (AvgIpc) is 2.39. The van der Waals surface area contributed by atoms with Gasteiger partial charge in [-0.3, -0.25) is 4.90 Å². The lowest BCUT2D eigenvalue weighted by molar-refractivity contribution is -0.275. The molecule has 22 heavy (non-hydrogen) atoms. The molecule has 120 valence electrons. The lowest BCUT2D eigenvalue weighted by atomic mass is 9.90.